The molecule has 1 atom stereocenters. The first-order valence-electron chi connectivity index (χ1n) is 12.3. The molecular formula is C27H27N5O4. The van der Waals surface area contributed by atoms with Gasteiger partial charge in [-0.2, -0.15) is 5.10 Å². The van der Waals surface area contributed by atoms with E-state index in [1.54, 1.807) is 10.8 Å². The second-order valence-corrected chi connectivity index (χ2v) is 9.80. The van der Waals surface area contributed by atoms with Gasteiger partial charge < -0.3 is 15.1 Å². The number of nitrogens with zero attached hydrogens (tertiary/aromatic N) is 4. The molecular weight excluding hydrogens is 458 g/mol. The van der Waals surface area contributed by atoms with Crippen LogP contribution in [0, 0.1) is 11.8 Å². The molecule has 2 amide bonds. The Kier molecular flexibility index (Phi) is 5.47. The molecule has 0 unspecified atom stereocenters. The van der Waals surface area contributed by atoms with Crippen LogP contribution in [0.3, 0.4) is 0 Å². The Morgan fingerprint density at radius 3 is 2.56 bits per heavy atom. The maximum atomic E-state index is 13.2. The summed E-state index contributed by atoms with van der Waals surface area (Å²) in [5.41, 5.74) is 8.50. The molecule has 6 rings (SSSR count). The maximum Gasteiger partial charge on any atom is 0.351 e. The van der Waals surface area contributed by atoms with Gasteiger partial charge in [-0.1, -0.05) is 18.2 Å². The zero-order chi connectivity index (χ0) is 24.8. The molecule has 184 valence electrons. The fourth-order valence-electron chi connectivity index (χ4n) is 5.09. The molecule has 1 saturated carbocycles. The lowest BCUT2D eigenvalue weighted by Crippen LogP contribution is -2.30. The molecule has 2 aromatic carbocycles. The lowest BCUT2D eigenvalue weighted by molar-refractivity contribution is -0.131. The number of nitrogens with two attached hydrogens (primary N) is 1. The van der Waals surface area contributed by atoms with Gasteiger partial charge in [-0.05, 0) is 66.6 Å². The summed E-state index contributed by atoms with van der Waals surface area (Å²) in [6, 6.07) is 15.6. The average Bonchev–Trinajstić information content (AvgIpc) is 3.30. The largest absolute Gasteiger partial charge is 0.464 e. The van der Waals surface area contributed by atoms with Crippen LogP contribution in [0.5, 0.6) is 0 Å². The van der Waals surface area contributed by atoms with Gasteiger partial charge in [0, 0.05) is 30.8 Å². The van der Waals surface area contributed by atoms with Crippen molar-refractivity contribution in [2.24, 2.45) is 17.6 Å². The highest BCUT2D eigenvalue weighted by Gasteiger charge is 2.37. The number of furan rings is 1. The molecule has 0 bridgehead atoms. The summed E-state index contributed by atoms with van der Waals surface area (Å²) in [6.07, 6.45) is 5.05. The fourth-order valence-corrected chi connectivity index (χ4v) is 5.09. The smallest absolute Gasteiger partial charge is 0.351 e. The van der Waals surface area contributed by atoms with Crippen molar-refractivity contribution in [1.29, 1.82) is 0 Å². The molecule has 9 nitrogen and oxygen atoms in total. The predicted molar refractivity (Wildman–Crippen MR) is 133 cm³/mol. The number of hydrogen-bond donors (Lipinski definition) is 1. The average molecular weight is 486 g/mol. The highest BCUT2D eigenvalue weighted by molar-refractivity contribution is 5.83. The van der Waals surface area contributed by atoms with Crippen LogP contribution in [-0.2, 0) is 22.6 Å². The van der Waals surface area contributed by atoms with Crippen LogP contribution in [0.2, 0.25) is 0 Å². The van der Waals surface area contributed by atoms with E-state index >= 15 is 0 Å². The minimum atomic E-state index is -0.625. The first-order chi connectivity index (χ1) is 17.5. The predicted octanol–water partition coefficient (Wildman–Crippen LogP) is 2.73. The molecule has 0 radical (unpaired) electrons. The summed E-state index contributed by atoms with van der Waals surface area (Å²) < 4.78 is 8.11. The summed E-state index contributed by atoms with van der Waals surface area (Å²) in [5, 5.41) is 5.49. The molecule has 3 heterocycles. The lowest BCUT2D eigenvalue weighted by atomic mass is 10.0. The van der Waals surface area contributed by atoms with Crippen molar-refractivity contribution >= 4 is 22.8 Å². The summed E-state index contributed by atoms with van der Waals surface area (Å²) in [6.45, 7) is 1.13. The van der Waals surface area contributed by atoms with Crippen LogP contribution >= 0.6 is 0 Å². The van der Waals surface area contributed by atoms with E-state index in [-0.39, 0.29) is 24.3 Å². The quantitative estimate of drug-likeness (QED) is 0.432. The third kappa shape index (κ3) is 4.21. The number of likely N-dealkylation sites (tertiary alicyclic amines) is 1. The van der Waals surface area contributed by atoms with Crippen LogP contribution in [0.4, 0.5) is 0 Å². The van der Waals surface area contributed by atoms with E-state index < -0.39 is 11.6 Å². The third-order valence-electron chi connectivity index (χ3n) is 7.12. The minimum Gasteiger partial charge on any atom is -0.464 e. The van der Waals surface area contributed by atoms with Gasteiger partial charge in [-0.15, -0.1) is 0 Å². The summed E-state index contributed by atoms with van der Waals surface area (Å²) >= 11 is 0. The number of carbonyl (C=O) groups is 2. The van der Waals surface area contributed by atoms with Crippen molar-refractivity contribution in [2.75, 3.05) is 13.1 Å². The van der Waals surface area contributed by atoms with Crippen molar-refractivity contribution in [1.82, 2.24) is 19.2 Å². The van der Waals surface area contributed by atoms with Crippen molar-refractivity contribution in [3.05, 3.63) is 71.1 Å². The van der Waals surface area contributed by atoms with Gasteiger partial charge in [-0.25, -0.2) is 14.0 Å². The molecule has 2 aromatic heterocycles. The molecule has 1 aliphatic carbocycles. The normalized spacial score (nSPS) is 17.7. The van der Waals surface area contributed by atoms with E-state index in [0.29, 0.717) is 24.5 Å². The van der Waals surface area contributed by atoms with Crippen LogP contribution in [0.1, 0.15) is 25.1 Å². The van der Waals surface area contributed by atoms with Gasteiger partial charge in [0.05, 0.1) is 12.0 Å². The van der Waals surface area contributed by atoms with E-state index in [0.717, 1.165) is 52.6 Å². The van der Waals surface area contributed by atoms with Crippen LogP contribution < -0.4 is 11.4 Å². The van der Waals surface area contributed by atoms with Crippen molar-refractivity contribution in [3.63, 3.8) is 0 Å². The Balaban J connectivity index is 1.29. The number of benzene rings is 2. The summed E-state index contributed by atoms with van der Waals surface area (Å²) in [7, 11) is 0. The highest BCUT2D eigenvalue weighted by atomic mass is 16.3. The standard InChI is InChI=1S/C27H27N5O4/c28-24(33)16-31-27(35)32(25(29-31)13-17-9-11-30(15-17)26(34)19-1-2-19)22-6-3-18(4-7-22)20-5-8-23-21(14-20)10-12-36-23/h3-8,10,12,14,17,19H,1-2,9,11,13,15-16H2,(H2,28,33)/t17-/m0/s1. The van der Waals surface area contributed by atoms with Crippen molar-refractivity contribution in [3.8, 4) is 16.8 Å². The molecule has 4 aromatic rings. The SMILES string of the molecule is NC(=O)Cn1nc(C[C@@H]2CCN(C(=O)C3CC3)C2)n(-c2ccc(-c3ccc4occc4c3)cc2)c1=O. The Morgan fingerprint density at radius 2 is 1.81 bits per heavy atom. The second-order valence-electron chi connectivity index (χ2n) is 9.80. The Labute approximate surface area is 207 Å². The monoisotopic (exact) mass is 485 g/mol. The van der Waals surface area contributed by atoms with Gasteiger partial charge in [0.2, 0.25) is 11.8 Å². The topological polar surface area (TPSA) is 116 Å². The van der Waals surface area contributed by atoms with Crippen molar-refractivity contribution < 1.29 is 14.0 Å². The van der Waals surface area contributed by atoms with E-state index in [1.807, 2.05) is 47.4 Å². The lowest BCUT2D eigenvalue weighted by Gasteiger charge is -2.16. The number of carbonyl (C=O) groups excluding carboxylic acids is 2. The van der Waals surface area contributed by atoms with Crippen LogP contribution in [0.25, 0.3) is 27.8 Å². The van der Waals surface area contributed by atoms with Gasteiger partial charge in [0.25, 0.3) is 0 Å². The highest BCUT2D eigenvalue weighted by Crippen LogP contribution is 2.33. The van der Waals surface area contributed by atoms with Gasteiger partial charge in [0.15, 0.2) is 0 Å². The Bertz CT molecular complexity index is 1510. The number of primary amides is 1. The molecule has 1 saturated heterocycles. The summed E-state index contributed by atoms with van der Waals surface area (Å²) in [5.74, 6) is 0.596. The Hall–Kier alpha value is -4.14. The Morgan fingerprint density at radius 1 is 1.03 bits per heavy atom. The molecule has 0 spiro atoms. The van der Waals surface area contributed by atoms with Gasteiger partial charge >= 0.3 is 5.69 Å². The number of hydrogen-bond acceptors (Lipinski definition) is 5. The van der Waals surface area contributed by atoms with Gasteiger partial charge in [-0.3, -0.25) is 9.59 Å². The van der Waals surface area contributed by atoms with E-state index in [1.165, 1.54) is 0 Å². The number of fused-ring (bicyclic) bond motifs is 1. The third-order valence-corrected chi connectivity index (χ3v) is 7.12. The number of rotatable bonds is 7. The second kappa shape index (κ2) is 8.82. The van der Waals surface area contributed by atoms with E-state index in [4.69, 9.17) is 10.2 Å². The molecule has 2 fully saturated rings. The molecule has 9 heteroatoms. The fraction of sp³-hybridized carbons (Fsp3) is 0.333. The first-order valence-corrected chi connectivity index (χ1v) is 12.3. The van der Waals surface area contributed by atoms with Crippen LogP contribution in [-0.4, -0.2) is 44.2 Å². The zero-order valence-electron chi connectivity index (χ0n) is 19.8. The molecule has 36 heavy (non-hydrogen) atoms. The first kappa shape index (κ1) is 22.3. The van der Waals surface area contributed by atoms with Crippen molar-refractivity contribution in [2.45, 2.75) is 32.2 Å². The molecule has 1 aliphatic heterocycles. The van der Waals surface area contributed by atoms with E-state index in [2.05, 4.69) is 11.2 Å². The van der Waals surface area contributed by atoms with Gasteiger partial charge in [0.1, 0.15) is 18.0 Å². The number of aromatic nitrogens is 3. The zero-order valence-corrected chi connectivity index (χ0v) is 19.8. The minimum absolute atomic E-state index is 0.199. The number of amides is 2. The molecule has 2 N–H and O–H groups in total. The molecule has 2 aliphatic rings. The summed E-state index contributed by atoms with van der Waals surface area (Å²) in [4.78, 5) is 39.2. The maximum absolute atomic E-state index is 13.2. The van der Waals surface area contributed by atoms with Crippen LogP contribution in [0.15, 0.2) is 64.0 Å². The van der Waals surface area contributed by atoms with E-state index in [9.17, 15) is 14.4 Å².